The summed E-state index contributed by atoms with van der Waals surface area (Å²) in [5, 5.41) is 0. The molecule has 0 aliphatic carbocycles. The van der Waals surface area contributed by atoms with Crippen molar-refractivity contribution in [1.82, 2.24) is 0 Å². The molecule has 0 amide bonds. The molecule has 0 fully saturated rings. The molecule has 0 spiro atoms. The number of rotatable bonds is 3. The van der Waals surface area contributed by atoms with Gasteiger partial charge in [0.15, 0.2) is 0 Å². The van der Waals surface area contributed by atoms with Crippen molar-refractivity contribution in [3.8, 4) is 5.75 Å². The maximum atomic E-state index is 5.18. The number of hydrogen-bond acceptors (Lipinski definition) is 2. The van der Waals surface area contributed by atoms with E-state index in [1.807, 2.05) is 18.2 Å². The summed E-state index contributed by atoms with van der Waals surface area (Å²) in [5.41, 5.74) is 0.854. The Bertz CT molecular complexity index is 321. The van der Waals surface area contributed by atoms with Gasteiger partial charge in [-0.05, 0) is 28.1 Å². The monoisotopic (exact) mass is 242 g/mol. The average molecular weight is 243 g/mol. The van der Waals surface area contributed by atoms with E-state index in [2.05, 4.69) is 22.5 Å². The summed E-state index contributed by atoms with van der Waals surface area (Å²) in [7, 11) is 3.20. The third-order valence-electron chi connectivity index (χ3n) is 1.72. The first-order valence-corrected chi connectivity index (χ1v) is 4.55. The molecule has 0 aliphatic rings. The van der Waals surface area contributed by atoms with Gasteiger partial charge in [-0.3, -0.25) is 0 Å². The lowest BCUT2D eigenvalue weighted by Gasteiger charge is -2.11. The maximum absolute atomic E-state index is 5.18. The van der Waals surface area contributed by atoms with Gasteiger partial charge in [0.05, 0.1) is 19.8 Å². The standard InChI is InChI=1S/C10H11BrO2/c1-7(12-2)10-8(11)5-4-6-9(10)13-3/h4-6H,1H2,2-3H3. The Morgan fingerprint density at radius 1 is 1.38 bits per heavy atom. The molecular formula is C10H11BrO2. The Kier molecular flexibility index (Phi) is 3.37. The first-order valence-electron chi connectivity index (χ1n) is 3.76. The fraction of sp³-hybridized carbons (Fsp3) is 0.200. The normalized spacial score (nSPS) is 9.46. The van der Waals surface area contributed by atoms with Gasteiger partial charge in [0.2, 0.25) is 0 Å². The van der Waals surface area contributed by atoms with Crippen LogP contribution < -0.4 is 4.74 Å². The Morgan fingerprint density at radius 2 is 2.08 bits per heavy atom. The van der Waals surface area contributed by atoms with Crippen molar-refractivity contribution >= 4 is 21.7 Å². The second kappa shape index (κ2) is 4.33. The summed E-state index contributed by atoms with van der Waals surface area (Å²) in [6.45, 7) is 3.78. The SMILES string of the molecule is C=C(OC)c1c(Br)cccc1OC. The van der Waals surface area contributed by atoms with Crippen molar-refractivity contribution in [1.29, 1.82) is 0 Å². The Balaban J connectivity index is 3.22. The van der Waals surface area contributed by atoms with E-state index in [0.717, 1.165) is 15.8 Å². The highest BCUT2D eigenvalue weighted by Crippen LogP contribution is 2.32. The minimum Gasteiger partial charge on any atom is -0.497 e. The largest absolute Gasteiger partial charge is 0.497 e. The molecule has 0 saturated carbocycles. The lowest BCUT2D eigenvalue weighted by atomic mass is 10.2. The fourth-order valence-electron chi connectivity index (χ4n) is 1.05. The van der Waals surface area contributed by atoms with E-state index in [1.165, 1.54) is 0 Å². The minimum atomic E-state index is 0.587. The third kappa shape index (κ3) is 2.04. The van der Waals surface area contributed by atoms with Crippen LogP contribution >= 0.6 is 15.9 Å². The Morgan fingerprint density at radius 3 is 2.62 bits per heavy atom. The molecule has 1 rings (SSSR count). The Hall–Kier alpha value is -0.960. The molecule has 0 aliphatic heterocycles. The molecule has 0 unspecified atom stereocenters. The van der Waals surface area contributed by atoms with Gasteiger partial charge in [0, 0.05) is 4.47 Å². The van der Waals surface area contributed by atoms with Gasteiger partial charge in [-0.25, -0.2) is 0 Å². The molecule has 0 aromatic heterocycles. The van der Waals surface area contributed by atoms with E-state index >= 15 is 0 Å². The van der Waals surface area contributed by atoms with Crippen molar-refractivity contribution in [2.75, 3.05) is 14.2 Å². The fourth-order valence-corrected chi connectivity index (χ4v) is 1.62. The van der Waals surface area contributed by atoms with Crippen LogP contribution in [-0.2, 0) is 4.74 Å². The molecule has 1 aromatic rings. The highest BCUT2D eigenvalue weighted by Gasteiger charge is 2.10. The molecule has 0 atom stereocenters. The van der Waals surface area contributed by atoms with Crippen LogP contribution in [0, 0.1) is 0 Å². The first-order chi connectivity index (χ1) is 6.20. The van der Waals surface area contributed by atoms with Crippen molar-refractivity contribution in [2.45, 2.75) is 0 Å². The number of ether oxygens (including phenoxy) is 2. The van der Waals surface area contributed by atoms with Crippen LogP contribution in [0.15, 0.2) is 29.3 Å². The lowest BCUT2D eigenvalue weighted by molar-refractivity contribution is 0.362. The summed E-state index contributed by atoms with van der Waals surface area (Å²) in [6, 6.07) is 5.68. The summed E-state index contributed by atoms with van der Waals surface area (Å²) in [5.74, 6) is 1.34. The van der Waals surface area contributed by atoms with Gasteiger partial charge >= 0.3 is 0 Å². The summed E-state index contributed by atoms with van der Waals surface area (Å²) in [6.07, 6.45) is 0. The molecule has 3 heteroatoms. The van der Waals surface area contributed by atoms with E-state index in [-0.39, 0.29) is 0 Å². The summed E-state index contributed by atoms with van der Waals surface area (Å²) < 4.78 is 11.1. The zero-order chi connectivity index (χ0) is 9.84. The van der Waals surface area contributed by atoms with Crippen LogP contribution in [0.25, 0.3) is 5.76 Å². The van der Waals surface area contributed by atoms with Crippen molar-refractivity contribution in [3.05, 3.63) is 34.8 Å². The van der Waals surface area contributed by atoms with Crippen LogP contribution in [0.2, 0.25) is 0 Å². The highest BCUT2D eigenvalue weighted by molar-refractivity contribution is 9.10. The van der Waals surface area contributed by atoms with Gasteiger partial charge in [0.25, 0.3) is 0 Å². The average Bonchev–Trinajstić information content (AvgIpc) is 2.16. The summed E-state index contributed by atoms with van der Waals surface area (Å²) in [4.78, 5) is 0. The van der Waals surface area contributed by atoms with Crippen molar-refractivity contribution < 1.29 is 9.47 Å². The molecule has 0 saturated heterocycles. The molecule has 0 radical (unpaired) electrons. The van der Waals surface area contributed by atoms with Gasteiger partial charge in [-0.15, -0.1) is 0 Å². The van der Waals surface area contributed by atoms with E-state index in [9.17, 15) is 0 Å². The number of halogens is 1. The van der Waals surface area contributed by atoms with E-state index < -0.39 is 0 Å². The molecule has 2 nitrogen and oxygen atoms in total. The topological polar surface area (TPSA) is 18.5 Å². The molecule has 1 aromatic carbocycles. The third-order valence-corrected chi connectivity index (χ3v) is 2.38. The second-order valence-electron chi connectivity index (χ2n) is 2.44. The van der Waals surface area contributed by atoms with Crippen LogP contribution in [0.4, 0.5) is 0 Å². The zero-order valence-corrected chi connectivity index (χ0v) is 9.22. The van der Waals surface area contributed by atoms with Crippen molar-refractivity contribution in [2.24, 2.45) is 0 Å². The molecular weight excluding hydrogens is 232 g/mol. The predicted octanol–water partition coefficient (Wildman–Crippen LogP) is 3.07. The highest BCUT2D eigenvalue weighted by atomic mass is 79.9. The van der Waals surface area contributed by atoms with Gasteiger partial charge in [-0.1, -0.05) is 12.6 Å². The maximum Gasteiger partial charge on any atom is 0.130 e. The van der Waals surface area contributed by atoms with Crippen LogP contribution in [0.5, 0.6) is 5.75 Å². The molecule has 0 heterocycles. The van der Waals surface area contributed by atoms with Gasteiger partial charge < -0.3 is 9.47 Å². The van der Waals surface area contributed by atoms with Gasteiger partial charge in [-0.2, -0.15) is 0 Å². The number of benzene rings is 1. The predicted molar refractivity (Wildman–Crippen MR) is 56.7 cm³/mol. The number of methoxy groups -OCH3 is 2. The summed E-state index contributed by atoms with van der Waals surface area (Å²) >= 11 is 3.41. The van der Waals surface area contributed by atoms with Crippen LogP contribution in [0.3, 0.4) is 0 Å². The zero-order valence-electron chi connectivity index (χ0n) is 7.63. The quantitative estimate of drug-likeness (QED) is 0.759. The molecule has 0 N–H and O–H groups in total. The van der Waals surface area contributed by atoms with Crippen LogP contribution in [-0.4, -0.2) is 14.2 Å². The molecule has 13 heavy (non-hydrogen) atoms. The smallest absolute Gasteiger partial charge is 0.130 e. The number of hydrogen-bond donors (Lipinski definition) is 0. The van der Waals surface area contributed by atoms with E-state index in [4.69, 9.17) is 9.47 Å². The minimum absolute atomic E-state index is 0.587. The Labute approximate surface area is 86.3 Å². The van der Waals surface area contributed by atoms with Crippen molar-refractivity contribution in [3.63, 3.8) is 0 Å². The first kappa shape index (κ1) is 10.1. The van der Waals surface area contributed by atoms with E-state index in [0.29, 0.717) is 5.76 Å². The van der Waals surface area contributed by atoms with Crippen LogP contribution in [0.1, 0.15) is 5.56 Å². The molecule has 70 valence electrons. The van der Waals surface area contributed by atoms with Gasteiger partial charge in [0.1, 0.15) is 11.5 Å². The molecule has 0 bridgehead atoms. The lowest BCUT2D eigenvalue weighted by Crippen LogP contribution is -1.93. The second-order valence-corrected chi connectivity index (χ2v) is 3.30. The van der Waals surface area contributed by atoms with E-state index in [1.54, 1.807) is 14.2 Å².